The zero-order valence-electron chi connectivity index (χ0n) is 12.8. The lowest BCUT2D eigenvalue weighted by Gasteiger charge is -2.15. The molecule has 1 heterocycles. The van der Waals surface area contributed by atoms with Crippen LogP contribution in [0.3, 0.4) is 0 Å². The van der Waals surface area contributed by atoms with Gasteiger partial charge in [-0.1, -0.05) is 24.6 Å². The van der Waals surface area contributed by atoms with Crippen molar-refractivity contribution >= 4 is 11.6 Å². The molecular formula is C16H22ClN3O. The average Bonchev–Trinajstić information content (AvgIpc) is 2.93. The Hall–Kier alpha value is -1.52. The van der Waals surface area contributed by atoms with Crippen LogP contribution >= 0.6 is 11.6 Å². The molecular weight excluding hydrogens is 286 g/mol. The van der Waals surface area contributed by atoms with Crippen molar-refractivity contribution in [1.29, 1.82) is 0 Å². The number of imidazole rings is 1. The fourth-order valence-corrected chi connectivity index (χ4v) is 2.48. The lowest BCUT2D eigenvalue weighted by molar-refractivity contribution is 0.295. The fraction of sp³-hybridized carbons (Fsp3) is 0.438. The first-order chi connectivity index (χ1) is 10.2. The molecule has 2 rings (SSSR count). The molecule has 0 aliphatic carbocycles. The second kappa shape index (κ2) is 7.48. The van der Waals surface area contributed by atoms with E-state index < -0.39 is 0 Å². The number of benzene rings is 1. The summed E-state index contributed by atoms with van der Waals surface area (Å²) in [5.41, 5.74) is 2.20. The van der Waals surface area contributed by atoms with E-state index in [1.54, 1.807) is 0 Å². The van der Waals surface area contributed by atoms with Crippen LogP contribution in [-0.2, 0) is 13.2 Å². The van der Waals surface area contributed by atoms with E-state index in [0.717, 1.165) is 24.3 Å². The number of nitrogens with zero attached hydrogens (tertiary/aromatic N) is 2. The topological polar surface area (TPSA) is 39.1 Å². The summed E-state index contributed by atoms with van der Waals surface area (Å²) in [4.78, 5) is 4.13. The minimum absolute atomic E-state index is 0.281. The monoisotopic (exact) mass is 307 g/mol. The zero-order chi connectivity index (χ0) is 15.2. The maximum Gasteiger partial charge on any atom is 0.138 e. The molecule has 0 saturated carbocycles. The summed E-state index contributed by atoms with van der Waals surface area (Å²) >= 11 is 6.31. The molecule has 1 atom stereocenters. The van der Waals surface area contributed by atoms with Crippen molar-refractivity contribution in [3.05, 3.63) is 47.0 Å². The quantitative estimate of drug-likeness (QED) is 0.845. The van der Waals surface area contributed by atoms with Gasteiger partial charge in [0, 0.05) is 12.6 Å². The van der Waals surface area contributed by atoms with Crippen molar-refractivity contribution in [1.82, 2.24) is 14.9 Å². The van der Waals surface area contributed by atoms with Gasteiger partial charge < -0.3 is 14.6 Å². The highest BCUT2D eigenvalue weighted by Crippen LogP contribution is 2.28. The highest BCUT2D eigenvalue weighted by molar-refractivity contribution is 6.32. The molecule has 0 aliphatic heterocycles. The normalized spacial score (nSPS) is 12.4. The smallest absolute Gasteiger partial charge is 0.138 e. The van der Waals surface area contributed by atoms with Gasteiger partial charge in [0.1, 0.15) is 12.4 Å². The molecule has 0 bridgehead atoms. The van der Waals surface area contributed by atoms with Gasteiger partial charge in [-0.05, 0) is 38.1 Å². The van der Waals surface area contributed by atoms with E-state index in [4.69, 9.17) is 16.3 Å². The van der Waals surface area contributed by atoms with Crippen molar-refractivity contribution in [2.24, 2.45) is 0 Å². The predicted molar refractivity (Wildman–Crippen MR) is 85.8 cm³/mol. The van der Waals surface area contributed by atoms with Crippen LogP contribution in [0.5, 0.6) is 5.75 Å². The summed E-state index contributed by atoms with van der Waals surface area (Å²) in [6, 6.07) is 6.22. The van der Waals surface area contributed by atoms with Gasteiger partial charge in [-0.2, -0.15) is 0 Å². The summed E-state index contributed by atoms with van der Waals surface area (Å²) in [6.07, 6.45) is 3.63. The second-order valence-corrected chi connectivity index (χ2v) is 5.34. The van der Waals surface area contributed by atoms with Crippen molar-refractivity contribution in [2.45, 2.75) is 40.0 Å². The van der Waals surface area contributed by atoms with Gasteiger partial charge >= 0.3 is 0 Å². The first kappa shape index (κ1) is 15.9. The van der Waals surface area contributed by atoms with Crippen LogP contribution in [0.2, 0.25) is 5.02 Å². The molecule has 1 unspecified atom stereocenters. The van der Waals surface area contributed by atoms with Crippen LogP contribution in [0.25, 0.3) is 0 Å². The Morgan fingerprint density at radius 2 is 2.19 bits per heavy atom. The molecule has 114 valence electrons. The Balaban J connectivity index is 2.04. The molecule has 1 N–H and O–H groups in total. The summed E-state index contributed by atoms with van der Waals surface area (Å²) < 4.78 is 7.86. The second-order valence-electron chi connectivity index (χ2n) is 4.93. The van der Waals surface area contributed by atoms with Gasteiger partial charge in [0.25, 0.3) is 0 Å². The Kier molecular flexibility index (Phi) is 5.65. The Morgan fingerprint density at radius 3 is 2.86 bits per heavy atom. The molecule has 21 heavy (non-hydrogen) atoms. The number of ether oxygens (including phenoxy) is 1. The highest BCUT2D eigenvalue weighted by atomic mass is 35.5. The van der Waals surface area contributed by atoms with Crippen LogP contribution in [-0.4, -0.2) is 16.1 Å². The van der Waals surface area contributed by atoms with Crippen LogP contribution in [0.4, 0.5) is 0 Å². The molecule has 5 heteroatoms. The lowest BCUT2D eigenvalue weighted by atomic mass is 10.1. The molecule has 0 amide bonds. The van der Waals surface area contributed by atoms with E-state index in [0.29, 0.717) is 17.4 Å². The Bertz CT molecular complexity index is 583. The zero-order valence-corrected chi connectivity index (χ0v) is 13.5. The average molecular weight is 308 g/mol. The van der Waals surface area contributed by atoms with E-state index in [1.807, 2.05) is 30.7 Å². The summed E-state index contributed by atoms with van der Waals surface area (Å²) in [5, 5.41) is 4.01. The number of aromatic nitrogens is 2. The third-order valence-corrected chi connectivity index (χ3v) is 3.78. The van der Waals surface area contributed by atoms with Crippen LogP contribution < -0.4 is 10.1 Å². The third-order valence-electron chi connectivity index (χ3n) is 3.48. The minimum Gasteiger partial charge on any atom is -0.486 e. The van der Waals surface area contributed by atoms with Gasteiger partial charge in [-0.3, -0.25) is 0 Å². The number of hydrogen-bond acceptors (Lipinski definition) is 3. The first-order valence-corrected chi connectivity index (χ1v) is 7.68. The Labute approximate surface area is 131 Å². The first-order valence-electron chi connectivity index (χ1n) is 7.30. The van der Waals surface area contributed by atoms with E-state index >= 15 is 0 Å². The van der Waals surface area contributed by atoms with Gasteiger partial charge in [-0.25, -0.2) is 4.98 Å². The molecule has 0 fully saturated rings. The summed E-state index contributed by atoms with van der Waals surface area (Å²) in [6.45, 7) is 8.57. The predicted octanol–water partition coefficient (Wildman–Crippen LogP) is 3.81. The molecule has 0 aliphatic rings. The molecule has 1 aromatic heterocycles. The number of halogens is 1. The van der Waals surface area contributed by atoms with Crippen molar-refractivity contribution in [2.75, 3.05) is 6.54 Å². The van der Waals surface area contributed by atoms with Gasteiger partial charge in [0.15, 0.2) is 0 Å². The molecule has 2 aromatic rings. The van der Waals surface area contributed by atoms with E-state index in [9.17, 15) is 0 Å². The Morgan fingerprint density at radius 1 is 1.38 bits per heavy atom. The van der Waals surface area contributed by atoms with Crippen molar-refractivity contribution in [3.8, 4) is 5.75 Å². The van der Waals surface area contributed by atoms with Crippen LogP contribution in [0.15, 0.2) is 30.7 Å². The van der Waals surface area contributed by atoms with E-state index in [1.165, 1.54) is 0 Å². The van der Waals surface area contributed by atoms with Gasteiger partial charge in [0.2, 0.25) is 0 Å². The SMILES string of the molecule is CCNC(C)c1ccc(OCc2cncn2CC)c(Cl)c1. The van der Waals surface area contributed by atoms with E-state index in [-0.39, 0.29) is 6.04 Å². The number of hydrogen-bond donors (Lipinski definition) is 1. The number of rotatable bonds is 7. The molecule has 1 aromatic carbocycles. The molecule has 0 radical (unpaired) electrons. The standard InChI is InChI=1S/C16H22ClN3O/c1-4-19-12(3)13-6-7-16(15(17)8-13)21-10-14-9-18-11-20(14)5-2/h6-9,11-12,19H,4-5,10H2,1-3H3. The molecule has 0 saturated heterocycles. The fourth-order valence-electron chi connectivity index (χ4n) is 2.23. The van der Waals surface area contributed by atoms with Gasteiger partial charge in [0.05, 0.1) is 23.2 Å². The maximum absolute atomic E-state index is 6.31. The van der Waals surface area contributed by atoms with Crippen molar-refractivity contribution < 1.29 is 4.74 Å². The largest absolute Gasteiger partial charge is 0.486 e. The highest BCUT2D eigenvalue weighted by Gasteiger charge is 2.09. The lowest BCUT2D eigenvalue weighted by Crippen LogP contribution is -2.17. The van der Waals surface area contributed by atoms with Crippen molar-refractivity contribution in [3.63, 3.8) is 0 Å². The third kappa shape index (κ3) is 3.99. The van der Waals surface area contributed by atoms with E-state index in [2.05, 4.69) is 35.6 Å². The number of aryl methyl sites for hydroxylation is 1. The van der Waals surface area contributed by atoms with Crippen LogP contribution in [0, 0.1) is 0 Å². The summed E-state index contributed by atoms with van der Waals surface area (Å²) in [5.74, 6) is 0.702. The van der Waals surface area contributed by atoms with Gasteiger partial charge in [-0.15, -0.1) is 0 Å². The number of nitrogens with one attached hydrogen (secondary N) is 1. The molecule has 0 spiro atoms. The maximum atomic E-state index is 6.31. The van der Waals surface area contributed by atoms with Crippen LogP contribution in [0.1, 0.15) is 38.1 Å². The summed E-state index contributed by atoms with van der Waals surface area (Å²) in [7, 11) is 0. The molecule has 4 nitrogen and oxygen atoms in total. The minimum atomic E-state index is 0.281.